The van der Waals surface area contributed by atoms with Crippen LogP contribution >= 0.6 is 15.9 Å². The molecule has 3 N–H and O–H groups in total. The second-order valence-electron chi connectivity index (χ2n) is 4.23. The minimum Gasteiger partial charge on any atom is -0.385 e. The fraction of sp³-hybridized carbons (Fsp3) is 0.417. The highest BCUT2D eigenvalue weighted by atomic mass is 79.9. The van der Waals surface area contributed by atoms with Crippen LogP contribution in [0.25, 0.3) is 0 Å². The van der Waals surface area contributed by atoms with Gasteiger partial charge in [-0.25, -0.2) is 13.6 Å². The molecule has 1 rings (SSSR count). The molecule has 0 aliphatic rings. The van der Waals surface area contributed by atoms with Crippen molar-refractivity contribution in [3.63, 3.8) is 0 Å². The van der Waals surface area contributed by atoms with Crippen LogP contribution in [0.15, 0.2) is 21.5 Å². The average Bonchev–Trinajstić information content (AvgIpc) is 2.36. The highest BCUT2D eigenvalue weighted by Gasteiger charge is 2.17. The summed E-state index contributed by atoms with van der Waals surface area (Å²) in [6.45, 7) is 2.60. The van der Waals surface area contributed by atoms with Crippen LogP contribution in [-0.4, -0.2) is 34.6 Å². The number of primary sulfonamides is 1. The lowest BCUT2D eigenvalue weighted by Gasteiger charge is -2.10. The number of carbonyl (C=O) groups is 1. The van der Waals surface area contributed by atoms with E-state index in [9.17, 15) is 13.2 Å². The summed E-state index contributed by atoms with van der Waals surface area (Å²) in [4.78, 5) is 11.9. The van der Waals surface area contributed by atoms with E-state index in [1.54, 1.807) is 20.1 Å². The molecule has 0 saturated heterocycles. The van der Waals surface area contributed by atoms with E-state index >= 15 is 0 Å². The van der Waals surface area contributed by atoms with Crippen LogP contribution < -0.4 is 10.5 Å². The predicted octanol–water partition coefficient (Wildman–Crippen LogP) is 1.17. The van der Waals surface area contributed by atoms with Crippen LogP contribution in [-0.2, 0) is 14.8 Å². The highest BCUT2D eigenvalue weighted by Crippen LogP contribution is 2.25. The van der Waals surface area contributed by atoms with Gasteiger partial charge in [-0.1, -0.05) is 15.9 Å². The molecular weight excluding hydrogens is 348 g/mol. The maximum atomic E-state index is 11.9. The smallest absolute Gasteiger partial charge is 0.251 e. The monoisotopic (exact) mass is 364 g/mol. The Morgan fingerprint density at radius 1 is 1.45 bits per heavy atom. The van der Waals surface area contributed by atoms with Crippen LogP contribution in [0.4, 0.5) is 0 Å². The molecule has 0 spiro atoms. The zero-order valence-electron chi connectivity index (χ0n) is 11.3. The van der Waals surface area contributed by atoms with Gasteiger partial charge in [0, 0.05) is 30.3 Å². The Bertz CT molecular complexity index is 602. The van der Waals surface area contributed by atoms with E-state index in [1.165, 1.54) is 6.07 Å². The summed E-state index contributed by atoms with van der Waals surface area (Å²) in [6, 6.07) is 2.84. The molecule has 0 bridgehead atoms. The number of methoxy groups -OCH3 is 1. The second kappa shape index (κ2) is 7.16. The van der Waals surface area contributed by atoms with Gasteiger partial charge in [0.1, 0.15) is 0 Å². The average molecular weight is 365 g/mol. The highest BCUT2D eigenvalue weighted by molar-refractivity contribution is 9.10. The summed E-state index contributed by atoms with van der Waals surface area (Å²) in [7, 11) is -2.29. The number of carbonyl (C=O) groups excluding carboxylic acids is 1. The van der Waals surface area contributed by atoms with Gasteiger partial charge in [0.05, 0.1) is 4.90 Å². The summed E-state index contributed by atoms with van der Waals surface area (Å²) in [5.74, 6) is -0.355. The fourth-order valence-corrected chi connectivity index (χ4v) is 3.02. The lowest BCUT2D eigenvalue weighted by Crippen LogP contribution is -2.26. The summed E-state index contributed by atoms with van der Waals surface area (Å²) in [5, 5.41) is 7.82. The van der Waals surface area contributed by atoms with Crippen LogP contribution in [0.1, 0.15) is 22.3 Å². The molecule has 1 aromatic rings. The normalized spacial score (nSPS) is 11.4. The molecule has 20 heavy (non-hydrogen) atoms. The largest absolute Gasteiger partial charge is 0.385 e. The van der Waals surface area contributed by atoms with E-state index in [1.807, 2.05) is 0 Å². The van der Waals surface area contributed by atoms with Crippen molar-refractivity contribution in [1.29, 1.82) is 0 Å². The van der Waals surface area contributed by atoms with Crippen molar-refractivity contribution in [3.8, 4) is 0 Å². The van der Waals surface area contributed by atoms with Crippen molar-refractivity contribution in [2.45, 2.75) is 18.2 Å². The lowest BCUT2D eigenvalue weighted by molar-refractivity contribution is 0.0948. The number of halogens is 1. The molecule has 0 aliphatic carbocycles. The Morgan fingerprint density at radius 3 is 2.65 bits per heavy atom. The third-order valence-corrected chi connectivity index (χ3v) is 4.54. The van der Waals surface area contributed by atoms with Crippen molar-refractivity contribution in [2.24, 2.45) is 5.14 Å². The number of hydrogen-bond donors (Lipinski definition) is 2. The maximum Gasteiger partial charge on any atom is 0.251 e. The van der Waals surface area contributed by atoms with Crippen molar-refractivity contribution in [3.05, 3.63) is 27.7 Å². The van der Waals surface area contributed by atoms with Gasteiger partial charge in [0.2, 0.25) is 10.0 Å². The van der Waals surface area contributed by atoms with Crippen molar-refractivity contribution in [1.82, 2.24) is 5.32 Å². The number of nitrogens with one attached hydrogen (secondary N) is 1. The van der Waals surface area contributed by atoms with Gasteiger partial charge in [-0.15, -0.1) is 0 Å². The quantitative estimate of drug-likeness (QED) is 0.740. The molecule has 1 amide bonds. The number of nitrogens with two attached hydrogens (primary N) is 1. The summed E-state index contributed by atoms with van der Waals surface area (Å²) in [5.41, 5.74) is 0.715. The number of sulfonamides is 1. The molecule has 6 nitrogen and oxygen atoms in total. The third-order valence-electron chi connectivity index (χ3n) is 2.68. The predicted molar refractivity (Wildman–Crippen MR) is 79.1 cm³/mol. The Balaban J connectivity index is 2.97. The first kappa shape index (κ1) is 17.1. The SMILES string of the molecule is COCCCNC(=O)c1cc(Br)c(C)c(S(N)(=O)=O)c1. The van der Waals surface area contributed by atoms with E-state index in [4.69, 9.17) is 9.88 Å². The summed E-state index contributed by atoms with van der Waals surface area (Å²) >= 11 is 3.23. The minimum atomic E-state index is -3.87. The Morgan fingerprint density at radius 2 is 2.10 bits per heavy atom. The minimum absolute atomic E-state index is 0.0612. The van der Waals surface area contributed by atoms with Gasteiger partial charge in [0.15, 0.2) is 0 Å². The van der Waals surface area contributed by atoms with E-state index in [0.29, 0.717) is 29.6 Å². The van der Waals surface area contributed by atoms with Crippen molar-refractivity contribution in [2.75, 3.05) is 20.3 Å². The van der Waals surface area contributed by atoms with E-state index < -0.39 is 10.0 Å². The van der Waals surface area contributed by atoms with Crippen LogP contribution in [0.5, 0.6) is 0 Å². The molecule has 0 aliphatic heterocycles. The summed E-state index contributed by atoms with van der Waals surface area (Å²) < 4.78 is 28.4. The van der Waals surface area contributed by atoms with Gasteiger partial charge in [-0.05, 0) is 31.0 Å². The third kappa shape index (κ3) is 4.55. The van der Waals surface area contributed by atoms with Crippen LogP contribution in [0.3, 0.4) is 0 Å². The second-order valence-corrected chi connectivity index (χ2v) is 6.61. The lowest BCUT2D eigenvalue weighted by atomic mass is 10.1. The van der Waals surface area contributed by atoms with Crippen molar-refractivity contribution >= 4 is 31.9 Å². The maximum absolute atomic E-state index is 11.9. The van der Waals surface area contributed by atoms with Gasteiger partial charge in [-0.3, -0.25) is 4.79 Å². The number of amides is 1. The zero-order chi connectivity index (χ0) is 15.3. The van der Waals surface area contributed by atoms with Crippen molar-refractivity contribution < 1.29 is 17.9 Å². The number of hydrogen-bond acceptors (Lipinski definition) is 4. The molecular formula is C12H17BrN2O4S. The fourth-order valence-electron chi connectivity index (χ4n) is 1.60. The van der Waals surface area contributed by atoms with Crippen LogP contribution in [0.2, 0.25) is 0 Å². The first-order valence-corrected chi connectivity index (χ1v) is 8.21. The molecule has 0 atom stereocenters. The standard InChI is InChI=1S/C12H17BrN2O4S/c1-8-10(13)6-9(7-11(8)20(14,17)18)12(16)15-4-3-5-19-2/h6-7H,3-5H2,1-2H3,(H,15,16)(H2,14,17,18). The summed E-state index contributed by atoms with van der Waals surface area (Å²) in [6.07, 6.45) is 0.678. The first-order valence-electron chi connectivity index (χ1n) is 5.87. The molecule has 8 heteroatoms. The van der Waals surface area contributed by atoms with E-state index in [0.717, 1.165) is 0 Å². The van der Waals surface area contributed by atoms with E-state index in [2.05, 4.69) is 21.2 Å². The van der Waals surface area contributed by atoms with E-state index in [-0.39, 0.29) is 16.4 Å². The Hall–Kier alpha value is -0.960. The molecule has 1 aromatic carbocycles. The Kier molecular flexibility index (Phi) is 6.12. The number of benzene rings is 1. The molecule has 112 valence electrons. The molecule has 0 fully saturated rings. The topological polar surface area (TPSA) is 98.5 Å². The van der Waals surface area contributed by atoms with Gasteiger partial charge >= 0.3 is 0 Å². The van der Waals surface area contributed by atoms with Gasteiger partial charge in [0.25, 0.3) is 5.91 Å². The molecule has 0 saturated carbocycles. The molecule has 0 aromatic heterocycles. The molecule has 0 unspecified atom stereocenters. The molecule has 0 heterocycles. The zero-order valence-corrected chi connectivity index (χ0v) is 13.7. The number of ether oxygens (including phenoxy) is 1. The van der Waals surface area contributed by atoms with Gasteiger partial charge < -0.3 is 10.1 Å². The Labute approximate surface area is 126 Å². The first-order chi connectivity index (χ1) is 9.27. The van der Waals surface area contributed by atoms with Crippen LogP contribution in [0, 0.1) is 6.92 Å². The van der Waals surface area contributed by atoms with Gasteiger partial charge in [-0.2, -0.15) is 0 Å². The number of rotatable bonds is 6. The molecule has 0 radical (unpaired) electrons.